The molecule has 2 N–H and O–H groups in total. The summed E-state index contributed by atoms with van der Waals surface area (Å²) in [5.74, 6) is 0. The van der Waals surface area contributed by atoms with Crippen molar-refractivity contribution < 1.29 is 21.8 Å². The van der Waals surface area contributed by atoms with Crippen molar-refractivity contribution in [1.82, 2.24) is 4.57 Å². The average Bonchev–Trinajstić information content (AvgIpc) is 2.14. The molecule has 0 fully saturated rings. The highest BCUT2D eigenvalue weighted by molar-refractivity contribution is 5.73. The van der Waals surface area contributed by atoms with E-state index in [0.29, 0.717) is 0 Å². The topological polar surface area (TPSA) is 51.9 Å². The molecule has 0 spiro atoms. The van der Waals surface area contributed by atoms with Gasteiger partial charge in [0.25, 0.3) is 6.33 Å². The van der Waals surface area contributed by atoms with Crippen LogP contribution in [0, 0.1) is 0 Å². The predicted molar refractivity (Wildman–Crippen MR) is 30.6 cm³/mol. The van der Waals surface area contributed by atoms with Gasteiger partial charge in [0, 0.05) is 0 Å². The molecular weight excluding hydrogens is 154 g/mol. The molecule has 0 bridgehead atoms. The summed E-state index contributed by atoms with van der Waals surface area (Å²) < 4.78 is 3.05. The maximum Gasteiger partial charge on any atom is 0.410 e. The number of aryl methyl sites for hydroxylation is 1. The third kappa shape index (κ3) is 1.73. The van der Waals surface area contributed by atoms with Crippen molar-refractivity contribution in [3.05, 3.63) is 18.7 Å². The van der Waals surface area contributed by atoms with E-state index < -0.39 is 6.03 Å². The molecule has 1 aromatic heterocycles. The Morgan fingerprint density at radius 2 is 2.30 bits per heavy atom. The third-order valence-corrected chi connectivity index (χ3v) is 1.02. The second-order valence-corrected chi connectivity index (χ2v) is 1.82. The summed E-state index contributed by atoms with van der Waals surface area (Å²) in [7, 11) is 1.82. The summed E-state index contributed by atoms with van der Waals surface area (Å²) in [6.07, 6.45) is 4.94. The number of amides is 1. The van der Waals surface area contributed by atoms with E-state index in [4.69, 9.17) is 5.73 Å². The normalized spacial score (nSPS) is 8.50. The van der Waals surface area contributed by atoms with Crippen molar-refractivity contribution in [3.63, 3.8) is 0 Å². The predicted octanol–water partition coefficient (Wildman–Crippen LogP) is -3.76. The van der Waals surface area contributed by atoms with Crippen LogP contribution in [-0.4, -0.2) is 10.6 Å². The number of nitrogens with zero attached hydrogens (tertiary/aromatic N) is 2. The first kappa shape index (κ1) is 8.97. The van der Waals surface area contributed by atoms with E-state index in [9.17, 15) is 4.79 Å². The molecule has 4 nitrogen and oxygen atoms in total. The van der Waals surface area contributed by atoms with Crippen LogP contribution in [-0.2, 0) is 7.05 Å². The molecule has 1 rings (SSSR count). The van der Waals surface area contributed by atoms with Gasteiger partial charge >= 0.3 is 6.03 Å². The van der Waals surface area contributed by atoms with Gasteiger partial charge in [0.05, 0.1) is 7.05 Å². The molecule has 0 aliphatic heterocycles. The average molecular weight is 162 g/mol. The summed E-state index contributed by atoms with van der Waals surface area (Å²) in [5, 5.41) is 0. The molecule has 1 aromatic rings. The summed E-state index contributed by atoms with van der Waals surface area (Å²) in [6.45, 7) is 0. The fourth-order valence-corrected chi connectivity index (χ4v) is 0.581. The van der Waals surface area contributed by atoms with Crippen molar-refractivity contribution in [2.24, 2.45) is 12.8 Å². The van der Waals surface area contributed by atoms with Crippen LogP contribution in [0.25, 0.3) is 0 Å². The number of carbonyl (C=O) groups is 1. The fourth-order valence-electron chi connectivity index (χ4n) is 0.581. The highest BCUT2D eigenvalue weighted by Gasteiger charge is 2.03. The summed E-state index contributed by atoms with van der Waals surface area (Å²) in [6, 6.07) is -0.462. The summed E-state index contributed by atoms with van der Waals surface area (Å²) in [4.78, 5) is 10.4. The molecule has 0 saturated carbocycles. The van der Waals surface area contributed by atoms with Crippen LogP contribution in [0.3, 0.4) is 0 Å². The molecule has 0 atom stereocenters. The van der Waals surface area contributed by atoms with Crippen LogP contribution in [0.15, 0.2) is 18.7 Å². The van der Waals surface area contributed by atoms with E-state index in [0.717, 1.165) is 0 Å². The zero-order valence-corrected chi connectivity index (χ0v) is 6.25. The lowest BCUT2D eigenvalue weighted by atomic mass is 10.9. The Kier molecular flexibility index (Phi) is 2.89. The number of carbonyl (C=O) groups excluding carboxylic acids is 1. The molecule has 1 amide bonds. The summed E-state index contributed by atoms with van der Waals surface area (Å²) >= 11 is 0. The van der Waals surface area contributed by atoms with Crippen molar-refractivity contribution in [2.75, 3.05) is 0 Å². The van der Waals surface area contributed by atoms with Crippen LogP contribution in [0.5, 0.6) is 0 Å². The molecule has 0 aromatic carbocycles. The fraction of sp³-hybridized carbons (Fsp3) is 0.200. The lowest BCUT2D eigenvalue weighted by Gasteiger charge is -1.80. The molecule has 0 aliphatic rings. The third-order valence-electron chi connectivity index (χ3n) is 1.02. The van der Waals surface area contributed by atoms with Crippen LogP contribution < -0.4 is 22.7 Å². The van der Waals surface area contributed by atoms with E-state index in [2.05, 4.69) is 0 Å². The Bertz CT molecular complexity index is 233. The number of halogens is 1. The zero-order chi connectivity index (χ0) is 6.85. The van der Waals surface area contributed by atoms with E-state index in [1.807, 2.05) is 7.05 Å². The van der Waals surface area contributed by atoms with Gasteiger partial charge in [0.2, 0.25) is 0 Å². The van der Waals surface area contributed by atoms with Crippen molar-refractivity contribution >= 4 is 6.03 Å². The van der Waals surface area contributed by atoms with E-state index in [1.165, 1.54) is 4.57 Å². The highest BCUT2D eigenvalue weighted by Crippen LogP contribution is 1.77. The Morgan fingerprint density at radius 1 is 1.70 bits per heavy atom. The number of aromatic nitrogens is 2. The lowest BCUT2D eigenvalue weighted by Crippen LogP contribution is -3.00. The van der Waals surface area contributed by atoms with Gasteiger partial charge in [0.1, 0.15) is 12.4 Å². The van der Waals surface area contributed by atoms with E-state index in [1.54, 1.807) is 23.3 Å². The molecular formula is C5H8ClN3O. The molecule has 56 valence electrons. The van der Waals surface area contributed by atoms with Gasteiger partial charge in [-0.2, -0.15) is 4.57 Å². The maximum absolute atomic E-state index is 10.4. The van der Waals surface area contributed by atoms with Crippen molar-refractivity contribution in [3.8, 4) is 0 Å². The Balaban J connectivity index is 0.000000810. The lowest BCUT2D eigenvalue weighted by molar-refractivity contribution is -0.670. The van der Waals surface area contributed by atoms with Crippen LogP contribution >= 0.6 is 0 Å². The van der Waals surface area contributed by atoms with Crippen LogP contribution in [0.2, 0.25) is 0 Å². The minimum atomic E-state index is -0.462. The highest BCUT2D eigenvalue weighted by atomic mass is 35.5. The molecule has 5 heteroatoms. The number of imidazole rings is 1. The molecule has 0 radical (unpaired) electrons. The number of hydrogen-bond acceptors (Lipinski definition) is 1. The Morgan fingerprint density at radius 3 is 2.50 bits per heavy atom. The first-order valence-electron chi connectivity index (χ1n) is 2.53. The quantitative estimate of drug-likeness (QED) is 0.391. The second-order valence-electron chi connectivity index (χ2n) is 1.82. The largest absolute Gasteiger partial charge is 1.00 e. The van der Waals surface area contributed by atoms with Crippen LogP contribution in [0.1, 0.15) is 0 Å². The van der Waals surface area contributed by atoms with Crippen LogP contribution in [0.4, 0.5) is 4.79 Å². The van der Waals surface area contributed by atoms with Crippen molar-refractivity contribution in [1.29, 1.82) is 0 Å². The van der Waals surface area contributed by atoms with Gasteiger partial charge in [-0.25, -0.2) is 9.36 Å². The number of primary amides is 1. The van der Waals surface area contributed by atoms with Gasteiger partial charge in [-0.3, -0.25) is 0 Å². The SMILES string of the molecule is C[n+]1ccn(C(N)=O)c1.[Cl-]. The maximum atomic E-state index is 10.4. The first-order valence-corrected chi connectivity index (χ1v) is 2.53. The van der Waals surface area contributed by atoms with Gasteiger partial charge in [0.15, 0.2) is 0 Å². The smallest absolute Gasteiger partial charge is 0.410 e. The molecule has 0 unspecified atom stereocenters. The second kappa shape index (κ2) is 3.22. The monoisotopic (exact) mass is 161 g/mol. The van der Waals surface area contributed by atoms with Gasteiger partial charge in [-0.1, -0.05) is 0 Å². The standard InChI is InChI=1S/C5H7N3O.ClH/c1-7-2-3-8(4-7)5(6)9;/h2-4H,1H3,(H-,6,9);1H. The first-order chi connectivity index (χ1) is 4.20. The number of hydrogen-bond donors (Lipinski definition) is 1. The summed E-state index contributed by atoms with van der Waals surface area (Å²) in [5.41, 5.74) is 4.94. The molecule has 0 aliphatic carbocycles. The van der Waals surface area contributed by atoms with E-state index in [-0.39, 0.29) is 12.4 Å². The Hall–Kier alpha value is -1.03. The van der Waals surface area contributed by atoms with Crippen molar-refractivity contribution in [2.45, 2.75) is 0 Å². The van der Waals surface area contributed by atoms with Gasteiger partial charge in [-0.05, 0) is 0 Å². The molecule has 0 saturated heterocycles. The Labute approximate surface area is 64.7 Å². The van der Waals surface area contributed by atoms with Gasteiger partial charge < -0.3 is 18.1 Å². The minimum absolute atomic E-state index is 0. The molecule has 10 heavy (non-hydrogen) atoms. The number of rotatable bonds is 0. The van der Waals surface area contributed by atoms with E-state index >= 15 is 0 Å². The zero-order valence-electron chi connectivity index (χ0n) is 5.49. The van der Waals surface area contributed by atoms with Gasteiger partial charge in [-0.15, -0.1) is 0 Å². The molecule has 1 heterocycles. The minimum Gasteiger partial charge on any atom is -1.00 e. The number of nitrogens with two attached hydrogens (primary N) is 1.